The number of aliphatic hydroxyl groups is 1. The van der Waals surface area contributed by atoms with E-state index in [4.69, 9.17) is 5.73 Å². The van der Waals surface area contributed by atoms with E-state index in [9.17, 15) is 9.90 Å². The smallest absolute Gasteiger partial charge is 0.290 e. The van der Waals surface area contributed by atoms with E-state index in [1.54, 1.807) is 4.68 Å². The van der Waals surface area contributed by atoms with Crippen LogP contribution in [0, 0.1) is 0 Å². The van der Waals surface area contributed by atoms with Crippen molar-refractivity contribution in [2.75, 3.05) is 5.73 Å². The Morgan fingerprint density at radius 3 is 2.61 bits per heavy atom. The van der Waals surface area contributed by atoms with Crippen LogP contribution in [0.25, 0.3) is 0 Å². The van der Waals surface area contributed by atoms with Crippen LogP contribution in [-0.4, -0.2) is 21.0 Å². The third kappa shape index (κ3) is 1.96. The summed E-state index contributed by atoms with van der Waals surface area (Å²) in [5.41, 5.74) is 6.98. The lowest BCUT2D eigenvalue weighted by Gasteiger charge is -2.20. The normalized spacial score (nSPS) is 29.2. The molecule has 0 bridgehead atoms. The van der Waals surface area contributed by atoms with Crippen LogP contribution in [0.4, 0.5) is 5.69 Å². The molecule has 4 N–H and O–H groups in total. The first-order valence-corrected chi connectivity index (χ1v) is 6.96. The van der Waals surface area contributed by atoms with Gasteiger partial charge < -0.3 is 10.8 Å². The van der Waals surface area contributed by atoms with E-state index in [-0.39, 0.29) is 11.6 Å². The van der Waals surface area contributed by atoms with Crippen molar-refractivity contribution in [3.8, 4) is 0 Å². The van der Waals surface area contributed by atoms with E-state index >= 15 is 0 Å². The quantitative estimate of drug-likeness (QED) is 0.696. The highest BCUT2D eigenvalue weighted by Crippen LogP contribution is 2.41. The van der Waals surface area contributed by atoms with Gasteiger partial charge in [-0.1, -0.05) is 19.3 Å². The van der Waals surface area contributed by atoms with Crippen molar-refractivity contribution in [1.29, 1.82) is 0 Å². The fourth-order valence-corrected chi connectivity index (χ4v) is 2.97. The Kier molecular flexibility index (Phi) is 2.93. The lowest BCUT2D eigenvalue weighted by molar-refractivity contribution is 0.0972. The number of hydrogen-bond donors (Lipinski definition) is 3. The van der Waals surface area contributed by atoms with Gasteiger partial charge in [0.05, 0.1) is 17.8 Å². The average Bonchev–Trinajstić information content (AvgIpc) is 3.15. The number of anilines is 1. The topological polar surface area (TPSA) is 84.0 Å². The first-order valence-electron chi connectivity index (χ1n) is 6.96. The molecule has 0 saturated heterocycles. The van der Waals surface area contributed by atoms with E-state index in [1.807, 2.05) is 0 Å². The minimum absolute atomic E-state index is 0.130. The summed E-state index contributed by atoms with van der Waals surface area (Å²) < 4.78 is 1.58. The predicted molar refractivity (Wildman–Crippen MR) is 69.6 cm³/mol. The molecular weight excluding hydrogens is 230 g/mol. The van der Waals surface area contributed by atoms with E-state index in [1.165, 1.54) is 0 Å². The number of nitrogens with one attached hydrogen (secondary N) is 1. The SMILES string of the molecule is Nc1c(C2CC2)[nH]n(C2CCCCCC2O)c1=O. The van der Waals surface area contributed by atoms with Crippen molar-refractivity contribution in [3.05, 3.63) is 16.0 Å². The Labute approximate surface area is 106 Å². The molecule has 0 aromatic carbocycles. The molecule has 2 saturated carbocycles. The van der Waals surface area contributed by atoms with Gasteiger partial charge in [-0.25, -0.2) is 4.68 Å². The Balaban J connectivity index is 1.94. The Morgan fingerprint density at radius 2 is 1.89 bits per heavy atom. The Morgan fingerprint density at radius 1 is 1.17 bits per heavy atom. The van der Waals surface area contributed by atoms with Crippen LogP contribution in [0.3, 0.4) is 0 Å². The summed E-state index contributed by atoms with van der Waals surface area (Å²) in [4.78, 5) is 12.2. The standard InChI is InChI=1S/C13H21N3O2/c14-11-12(8-6-7-8)15-16(13(11)18)9-4-2-1-3-5-10(9)17/h8-10,15,17H,1-7,14H2. The monoisotopic (exact) mass is 251 g/mol. The summed E-state index contributed by atoms with van der Waals surface area (Å²) in [6.45, 7) is 0. The highest BCUT2D eigenvalue weighted by molar-refractivity contribution is 5.44. The van der Waals surface area contributed by atoms with Gasteiger partial charge in [0.1, 0.15) is 5.69 Å². The minimum Gasteiger partial charge on any atom is -0.393 e. The molecule has 2 atom stereocenters. The summed E-state index contributed by atoms with van der Waals surface area (Å²) in [6, 6.07) is -0.130. The predicted octanol–water partition coefficient (Wildman–Crippen LogP) is 1.50. The van der Waals surface area contributed by atoms with Crippen molar-refractivity contribution in [2.45, 2.75) is 63.0 Å². The molecule has 1 aromatic heterocycles. The van der Waals surface area contributed by atoms with Crippen molar-refractivity contribution in [3.63, 3.8) is 0 Å². The number of aromatic nitrogens is 2. The molecule has 5 heteroatoms. The van der Waals surface area contributed by atoms with Crippen LogP contribution < -0.4 is 11.3 Å². The number of nitrogen functional groups attached to an aromatic ring is 1. The van der Waals surface area contributed by atoms with Crippen LogP contribution in [0.15, 0.2) is 4.79 Å². The molecule has 0 radical (unpaired) electrons. The molecule has 2 fully saturated rings. The van der Waals surface area contributed by atoms with Gasteiger partial charge in [0.25, 0.3) is 5.56 Å². The van der Waals surface area contributed by atoms with Crippen LogP contribution >= 0.6 is 0 Å². The maximum Gasteiger partial charge on any atom is 0.290 e. The van der Waals surface area contributed by atoms with Crippen molar-refractivity contribution in [2.24, 2.45) is 0 Å². The summed E-state index contributed by atoms with van der Waals surface area (Å²) in [7, 11) is 0. The molecule has 18 heavy (non-hydrogen) atoms. The molecule has 1 heterocycles. The molecule has 5 nitrogen and oxygen atoms in total. The Hall–Kier alpha value is -1.23. The fraction of sp³-hybridized carbons (Fsp3) is 0.769. The number of H-pyrrole nitrogens is 1. The van der Waals surface area contributed by atoms with Crippen LogP contribution in [0.2, 0.25) is 0 Å². The molecule has 2 unspecified atom stereocenters. The number of aliphatic hydroxyl groups excluding tert-OH is 1. The zero-order valence-electron chi connectivity index (χ0n) is 10.6. The van der Waals surface area contributed by atoms with Crippen LogP contribution in [-0.2, 0) is 0 Å². The number of rotatable bonds is 2. The van der Waals surface area contributed by atoms with Gasteiger partial charge in [-0.3, -0.25) is 9.89 Å². The number of nitrogens with zero attached hydrogens (tertiary/aromatic N) is 1. The lowest BCUT2D eigenvalue weighted by Crippen LogP contribution is -2.31. The van der Waals surface area contributed by atoms with Gasteiger partial charge in [-0.05, 0) is 25.7 Å². The number of aromatic amines is 1. The molecule has 2 aliphatic rings. The molecule has 0 amide bonds. The fourth-order valence-electron chi connectivity index (χ4n) is 2.97. The molecule has 0 aliphatic heterocycles. The van der Waals surface area contributed by atoms with E-state index in [0.29, 0.717) is 11.6 Å². The lowest BCUT2D eigenvalue weighted by atomic mass is 10.1. The van der Waals surface area contributed by atoms with Crippen molar-refractivity contribution in [1.82, 2.24) is 9.78 Å². The van der Waals surface area contributed by atoms with E-state index in [0.717, 1.165) is 50.6 Å². The molecule has 2 aliphatic carbocycles. The van der Waals surface area contributed by atoms with Gasteiger partial charge in [0.15, 0.2) is 0 Å². The van der Waals surface area contributed by atoms with E-state index < -0.39 is 6.10 Å². The minimum atomic E-state index is -0.435. The number of hydrogen-bond acceptors (Lipinski definition) is 3. The molecule has 100 valence electrons. The molecule has 1 aromatic rings. The maximum absolute atomic E-state index is 12.2. The second-order valence-corrected chi connectivity index (χ2v) is 5.66. The van der Waals surface area contributed by atoms with Crippen LogP contribution in [0.5, 0.6) is 0 Å². The zero-order chi connectivity index (χ0) is 12.7. The second kappa shape index (κ2) is 4.46. The zero-order valence-corrected chi connectivity index (χ0v) is 10.6. The highest BCUT2D eigenvalue weighted by Gasteiger charge is 2.32. The van der Waals surface area contributed by atoms with E-state index in [2.05, 4.69) is 5.10 Å². The third-order valence-corrected chi connectivity index (χ3v) is 4.24. The van der Waals surface area contributed by atoms with Crippen molar-refractivity contribution < 1.29 is 5.11 Å². The molecular formula is C13H21N3O2. The summed E-state index contributed by atoms with van der Waals surface area (Å²) in [5.74, 6) is 0.432. The van der Waals surface area contributed by atoms with Gasteiger partial charge in [-0.15, -0.1) is 0 Å². The van der Waals surface area contributed by atoms with Crippen LogP contribution in [0.1, 0.15) is 62.6 Å². The summed E-state index contributed by atoms with van der Waals surface area (Å²) >= 11 is 0. The van der Waals surface area contributed by atoms with Gasteiger partial charge in [-0.2, -0.15) is 0 Å². The van der Waals surface area contributed by atoms with Gasteiger partial charge in [0.2, 0.25) is 0 Å². The summed E-state index contributed by atoms with van der Waals surface area (Å²) in [5, 5.41) is 13.3. The Bertz CT molecular complexity index is 487. The van der Waals surface area contributed by atoms with Gasteiger partial charge in [0, 0.05) is 5.92 Å². The first-order chi connectivity index (χ1) is 8.68. The average molecular weight is 251 g/mol. The molecule has 3 rings (SSSR count). The third-order valence-electron chi connectivity index (χ3n) is 4.24. The highest BCUT2D eigenvalue weighted by atomic mass is 16.3. The second-order valence-electron chi connectivity index (χ2n) is 5.66. The first kappa shape index (κ1) is 11.8. The number of nitrogens with two attached hydrogens (primary N) is 1. The largest absolute Gasteiger partial charge is 0.393 e. The summed E-state index contributed by atoms with van der Waals surface area (Å²) in [6.07, 6.45) is 6.64. The van der Waals surface area contributed by atoms with Crippen molar-refractivity contribution >= 4 is 5.69 Å². The van der Waals surface area contributed by atoms with Gasteiger partial charge >= 0.3 is 0 Å². The maximum atomic E-state index is 12.2. The molecule has 0 spiro atoms.